The van der Waals surface area contributed by atoms with Crippen molar-refractivity contribution in [3.63, 3.8) is 0 Å². The van der Waals surface area contributed by atoms with Crippen LogP contribution in [0.5, 0.6) is 0 Å². The van der Waals surface area contributed by atoms with E-state index in [1.807, 2.05) is 61.5 Å². The van der Waals surface area contributed by atoms with Crippen molar-refractivity contribution in [1.29, 1.82) is 0 Å². The van der Waals surface area contributed by atoms with Gasteiger partial charge in [-0.05, 0) is 66.3 Å². The van der Waals surface area contributed by atoms with Crippen LogP contribution in [0.3, 0.4) is 0 Å². The van der Waals surface area contributed by atoms with Gasteiger partial charge in [0.2, 0.25) is 21.8 Å². The number of carbonyl (C=O) groups excluding carboxylic acids is 2. The molecule has 0 unspecified atom stereocenters. The van der Waals surface area contributed by atoms with Gasteiger partial charge in [-0.2, -0.15) is 4.72 Å². The second kappa shape index (κ2) is 10.2. The van der Waals surface area contributed by atoms with Gasteiger partial charge in [0.15, 0.2) is 0 Å². The molecule has 1 aliphatic heterocycles. The minimum atomic E-state index is -4.00. The molecule has 176 valence electrons. The first-order valence-electron chi connectivity index (χ1n) is 11.2. The highest BCUT2D eigenvalue weighted by molar-refractivity contribution is 7.89. The Labute approximate surface area is 199 Å². The summed E-state index contributed by atoms with van der Waals surface area (Å²) in [6.45, 7) is 2.05. The van der Waals surface area contributed by atoms with Gasteiger partial charge in [0.05, 0.1) is 4.90 Å². The van der Waals surface area contributed by atoms with Gasteiger partial charge in [0, 0.05) is 17.8 Å². The maximum absolute atomic E-state index is 13.2. The van der Waals surface area contributed by atoms with Gasteiger partial charge in [0.25, 0.3) is 0 Å². The lowest BCUT2D eigenvalue weighted by Crippen LogP contribution is -2.45. The standard InChI is InChI=1S/C26H27N3O4S/c1-2-18-8-11-21(12-9-18)27-26(31)24(16-19-6-4-3-5-7-19)29-34(32,33)22-13-14-23-20(17-22)10-15-25(30)28-23/h3-9,11-14,17,24,29H,2,10,15-16H2,1H3,(H,27,31)(H,28,30)/t24-/m0/s1. The van der Waals surface area contributed by atoms with Crippen LogP contribution in [0, 0.1) is 0 Å². The Balaban J connectivity index is 1.57. The first-order chi connectivity index (χ1) is 16.3. The second-order valence-electron chi connectivity index (χ2n) is 8.27. The largest absolute Gasteiger partial charge is 0.326 e. The smallest absolute Gasteiger partial charge is 0.242 e. The fraction of sp³-hybridized carbons (Fsp3) is 0.231. The Morgan fingerprint density at radius 3 is 2.41 bits per heavy atom. The third-order valence-electron chi connectivity index (χ3n) is 5.81. The van der Waals surface area contributed by atoms with E-state index in [4.69, 9.17) is 0 Å². The summed E-state index contributed by atoms with van der Waals surface area (Å²) in [6.07, 6.45) is 1.85. The minimum absolute atomic E-state index is 0.0561. The molecular formula is C26H27N3O4S. The SMILES string of the molecule is CCc1ccc(NC(=O)[C@H](Cc2ccccc2)NS(=O)(=O)c2ccc3c(c2)CCC(=O)N3)cc1. The zero-order chi connectivity index (χ0) is 24.1. The molecule has 3 aromatic carbocycles. The molecule has 34 heavy (non-hydrogen) atoms. The summed E-state index contributed by atoms with van der Waals surface area (Å²) in [5, 5.41) is 5.58. The number of amides is 2. The van der Waals surface area contributed by atoms with Crippen molar-refractivity contribution in [3.05, 3.63) is 89.5 Å². The van der Waals surface area contributed by atoms with Crippen LogP contribution in [-0.2, 0) is 38.9 Å². The molecule has 0 saturated carbocycles. The summed E-state index contributed by atoms with van der Waals surface area (Å²) < 4.78 is 29.1. The van der Waals surface area contributed by atoms with Crippen LogP contribution >= 0.6 is 0 Å². The Hall–Kier alpha value is -3.49. The summed E-state index contributed by atoms with van der Waals surface area (Å²) in [7, 11) is -4.00. The van der Waals surface area contributed by atoms with Crippen LogP contribution in [0.2, 0.25) is 0 Å². The van der Waals surface area contributed by atoms with E-state index in [-0.39, 0.29) is 17.2 Å². The summed E-state index contributed by atoms with van der Waals surface area (Å²) in [5.41, 5.74) is 3.94. The molecule has 4 rings (SSSR count). The summed E-state index contributed by atoms with van der Waals surface area (Å²) in [5.74, 6) is -0.533. The second-order valence-corrected chi connectivity index (χ2v) is 9.98. The van der Waals surface area contributed by atoms with Gasteiger partial charge in [0.1, 0.15) is 6.04 Å². The van der Waals surface area contributed by atoms with E-state index in [0.29, 0.717) is 24.2 Å². The van der Waals surface area contributed by atoms with Gasteiger partial charge in [-0.25, -0.2) is 8.42 Å². The maximum atomic E-state index is 13.2. The van der Waals surface area contributed by atoms with Crippen LogP contribution in [0.4, 0.5) is 11.4 Å². The Morgan fingerprint density at radius 2 is 1.71 bits per heavy atom. The van der Waals surface area contributed by atoms with Crippen molar-refractivity contribution in [2.45, 2.75) is 43.5 Å². The normalized spacial score (nSPS) is 14.1. The average molecular weight is 478 g/mol. The first kappa shape index (κ1) is 23.7. The number of nitrogens with one attached hydrogen (secondary N) is 3. The monoisotopic (exact) mass is 477 g/mol. The van der Waals surface area contributed by atoms with E-state index in [1.54, 1.807) is 12.1 Å². The predicted octanol–water partition coefficient (Wildman–Crippen LogP) is 3.66. The van der Waals surface area contributed by atoms with Crippen molar-refractivity contribution in [2.24, 2.45) is 0 Å². The van der Waals surface area contributed by atoms with E-state index in [2.05, 4.69) is 15.4 Å². The highest BCUT2D eigenvalue weighted by Gasteiger charge is 2.27. The number of carbonyl (C=O) groups is 2. The van der Waals surface area contributed by atoms with E-state index >= 15 is 0 Å². The number of rotatable bonds is 8. The molecule has 0 aromatic heterocycles. The van der Waals surface area contributed by atoms with Gasteiger partial charge >= 0.3 is 0 Å². The van der Waals surface area contributed by atoms with E-state index < -0.39 is 22.0 Å². The lowest BCUT2D eigenvalue weighted by atomic mass is 10.0. The summed E-state index contributed by atoms with van der Waals surface area (Å²) in [6, 6.07) is 20.3. The zero-order valence-corrected chi connectivity index (χ0v) is 19.7. The molecule has 0 saturated heterocycles. The lowest BCUT2D eigenvalue weighted by molar-refractivity contribution is -0.118. The molecule has 2 amide bonds. The summed E-state index contributed by atoms with van der Waals surface area (Å²) >= 11 is 0. The molecule has 0 spiro atoms. The van der Waals surface area contributed by atoms with Crippen LogP contribution in [0.15, 0.2) is 77.7 Å². The predicted molar refractivity (Wildman–Crippen MR) is 132 cm³/mol. The Morgan fingerprint density at radius 1 is 0.971 bits per heavy atom. The molecule has 1 aliphatic rings. The molecule has 0 bridgehead atoms. The zero-order valence-electron chi connectivity index (χ0n) is 18.9. The number of sulfonamides is 1. The molecule has 3 N–H and O–H groups in total. The van der Waals surface area contributed by atoms with Crippen molar-refractivity contribution in [1.82, 2.24) is 4.72 Å². The Kier molecular flexibility index (Phi) is 7.09. The number of hydrogen-bond donors (Lipinski definition) is 3. The summed E-state index contributed by atoms with van der Waals surface area (Å²) in [4.78, 5) is 24.8. The van der Waals surface area contributed by atoms with Crippen molar-refractivity contribution in [3.8, 4) is 0 Å². The number of anilines is 2. The fourth-order valence-corrected chi connectivity index (χ4v) is 5.12. The Bertz CT molecular complexity index is 1290. The molecule has 8 heteroatoms. The van der Waals surface area contributed by atoms with Crippen LogP contribution in [0.25, 0.3) is 0 Å². The van der Waals surface area contributed by atoms with Crippen LogP contribution < -0.4 is 15.4 Å². The van der Waals surface area contributed by atoms with Crippen LogP contribution in [0.1, 0.15) is 30.0 Å². The highest BCUT2D eigenvalue weighted by Crippen LogP contribution is 2.25. The van der Waals surface area contributed by atoms with E-state index in [1.165, 1.54) is 6.07 Å². The van der Waals surface area contributed by atoms with Crippen molar-refractivity contribution >= 4 is 33.2 Å². The third kappa shape index (κ3) is 5.70. The van der Waals surface area contributed by atoms with Gasteiger partial charge < -0.3 is 10.6 Å². The molecule has 3 aromatic rings. The number of benzene rings is 3. The topological polar surface area (TPSA) is 104 Å². The van der Waals surface area contributed by atoms with Crippen LogP contribution in [-0.4, -0.2) is 26.3 Å². The maximum Gasteiger partial charge on any atom is 0.242 e. The molecule has 0 radical (unpaired) electrons. The molecule has 0 aliphatic carbocycles. The number of aryl methyl sites for hydroxylation is 2. The average Bonchev–Trinajstić information content (AvgIpc) is 2.84. The molecule has 1 heterocycles. The quantitative estimate of drug-likeness (QED) is 0.461. The number of hydrogen-bond acceptors (Lipinski definition) is 4. The minimum Gasteiger partial charge on any atom is -0.326 e. The highest BCUT2D eigenvalue weighted by atomic mass is 32.2. The third-order valence-corrected chi connectivity index (χ3v) is 7.28. The van der Waals surface area contributed by atoms with Crippen molar-refractivity contribution in [2.75, 3.05) is 10.6 Å². The first-order valence-corrected chi connectivity index (χ1v) is 12.7. The van der Waals surface area contributed by atoms with Crippen molar-refractivity contribution < 1.29 is 18.0 Å². The molecule has 0 fully saturated rings. The van der Waals surface area contributed by atoms with Gasteiger partial charge in [-0.3, -0.25) is 9.59 Å². The van der Waals surface area contributed by atoms with Gasteiger partial charge in [-0.1, -0.05) is 49.4 Å². The molecule has 1 atom stereocenters. The molecular weight excluding hydrogens is 450 g/mol. The van der Waals surface area contributed by atoms with Gasteiger partial charge in [-0.15, -0.1) is 0 Å². The van der Waals surface area contributed by atoms with E-state index in [0.717, 1.165) is 23.1 Å². The fourth-order valence-electron chi connectivity index (χ4n) is 3.87. The lowest BCUT2D eigenvalue weighted by Gasteiger charge is -2.21. The number of fused-ring (bicyclic) bond motifs is 1. The molecule has 7 nitrogen and oxygen atoms in total. The van der Waals surface area contributed by atoms with E-state index in [9.17, 15) is 18.0 Å².